The van der Waals surface area contributed by atoms with Gasteiger partial charge in [0.15, 0.2) is 0 Å². The molecule has 0 unspecified atom stereocenters. The maximum absolute atomic E-state index is 5.96. The van der Waals surface area contributed by atoms with Gasteiger partial charge < -0.3 is 9.22 Å². The first-order valence-electron chi connectivity index (χ1n) is 13.9. The normalized spacial score (nSPS) is 13.1. The standard InChI is InChI=1S/C28H60NO/c1-6-7-8-9-10-11-12-13-14-15-16-17-18-19-20-21-22-23-25-28(2)30-27-24-26-29(3,4)5/h28H,6-27H2,1-5H3/q+1/t28-/m0/s1. The van der Waals surface area contributed by atoms with Gasteiger partial charge >= 0.3 is 0 Å². The second-order valence-corrected chi connectivity index (χ2v) is 10.8. The lowest BCUT2D eigenvalue weighted by molar-refractivity contribution is -0.870. The number of unbranched alkanes of at least 4 members (excludes halogenated alkanes) is 17. The monoisotopic (exact) mass is 426 g/mol. The van der Waals surface area contributed by atoms with E-state index >= 15 is 0 Å². The summed E-state index contributed by atoms with van der Waals surface area (Å²) in [6, 6.07) is 0. The molecule has 0 aliphatic carbocycles. The van der Waals surface area contributed by atoms with E-state index in [1.54, 1.807) is 0 Å². The molecule has 0 heterocycles. The van der Waals surface area contributed by atoms with Crippen LogP contribution in [0.5, 0.6) is 0 Å². The average molecular weight is 427 g/mol. The summed E-state index contributed by atoms with van der Waals surface area (Å²) in [5, 5.41) is 0. The fraction of sp³-hybridized carbons (Fsp3) is 1.00. The minimum atomic E-state index is 0.443. The molecule has 0 rings (SSSR count). The third kappa shape index (κ3) is 26.0. The molecule has 0 aromatic heterocycles. The van der Waals surface area contributed by atoms with E-state index < -0.39 is 0 Å². The van der Waals surface area contributed by atoms with Gasteiger partial charge in [0.05, 0.1) is 40.4 Å². The van der Waals surface area contributed by atoms with Crippen molar-refractivity contribution < 1.29 is 9.22 Å². The lowest BCUT2D eigenvalue weighted by atomic mass is 10.0. The van der Waals surface area contributed by atoms with E-state index in [1.165, 1.54) is 135 Å². The molecule has 0 aromatic rings. The zero-order valence-corrected chi connectivity index (χ0v) is 22.0. The largest absolute Gasteiger partial charge is 0.378 e. The van der Waals surface area contributed by atoms with Gasteiger partial charge in [-0.1, -0.05) is 122 Å². The predicted octanol–water partition coefficient (Wildman–Crippen LogP) is 8.92. The van der Waals surface area contributed by atoms with Crippen molar-refractivity contribution in [2.24, 2.45) is 0 Å². The Morgan fingerprint density at radius 2 is 0.900 bits per heavy atom. The van der Waals surface area contributed by atoms with Crippen LogP contribution in [0.4, 0.5) is 0 Å². The fourth-order valence-corrected chi connectivity index (χ4v) is 4.24. The number of hydrogen-bond donors (Lipinski definition) is 0. The molecule has 0 fully saturated rings. The van der Waals surface area contributed by atoms with Crippen LogP contribution < -0.4 is 0 Å². The molecule has 0 saturated carbocycles. The lowest BCUT2D eigenvalue weighted by Gasteiger charge is -2.24. The van der Waals surface area contributed by atoms with E-state index in [9.17, 15) is 0 Å². The molecule has 2 heteroatoms. The Balaban J connectivity index is 3.14. The molecule has 2 nitrogen and oxygen atoms in total. The van der Waals surface area contributed by atoms with Crippen molar-refractivity contribution in [2.45, 2.75) is 148 Å². The third-order valence-corrected chi connectivity index (χ3v) is 6.34. The first kappa shape index (κ1) is 29.9. The zero-order valence-electron chi connectivity index (χ0n) is 22.0. The van der Waals surface area contributed by atoms with Crippen LogP contribution >= 0.6 is 0 Å². The van der Waals surface area contributed by atoms with Gasteiger partial charge in [0.25, 0.3) is 0 Å². The van der Waals surface area contributed by atoms with Crippen molar-refractivity contribution in [1.82, 2.24) is 0 Å². The molecular formula is C28H60NO+. The van der Waals surface area contributed by atoms with E-state index in [-0.39, 0.29) is 0 Å². The molecule has 1 atom stereocenters. The molecule has 0 N–H and O–H groups in total. The van der Waals surface area contributed by atoms with E-state index in [2.05, 4.69) is 35.0 Å². The highest BCUT2D eigenvalue weighted by molar-refractivity contribution is 4.54. The van der Waals surface area contributed by atoms with Crippen molar-refractivity contribution in [2.75, 3.05) is 34.3 Å². The smallest absolute Gasteiger partial charge is 0.0802 e. The molecule has 0 aliphatic rings. The molecule has 0 aromatic carbocycles. The molecule has 0 amide bonds. The van der Waals surface area contributed by atoms with E-state index in [0.717, 1.165) is 11.1 Å². The van der Waals surface area contributed by atoms with Crippen molar-refractivity contribution in [3.8, 4) is 0 Å². The van der Waals surface area contributed by atoms with Gasteiger partial charge in [-0.3, -0.25) is 0 Å². The summed E-state index contributed by atoms with van der Waals surface area (Å²) >= 11 is 0. The summed E-state index contributed by atoms with van der Waals surface area (Å²) in [6.07, 6.45) is 28.9. The maximum Gasteiger partial charge on any atom is 0.0802 e. The Morgan fingerprint density at radius 1 is 0.533 bits per heavy atom. The minimum absolute atomic E-state index is 0.443. The Kier molecular flexibility index (Phi) is 22.1. The minimum Gasteiger partial charge on any atom is -0.378 e. The highest BCUT2D eigenvalue weighted by atomic mass is 16.5. The molecular weight excluding hydrogens is 366 g/mol. The topological polar surface area (TPSA) is 9.23 Å². The van der Waals surface area contributed by atoms with Gasteiger partial charge in [-0.05, 0) is 13.3 Å². The van der Waals surface area contributed by atoms with Gasteiger partial charge in [0.1, 0.15) is 0 Å². The van der Waals surface area contributed by atoms with Crippen molar-refractivity contribution in [3.63, 3.8) is 0 Å². The Morgan fingerprint density at radius 3 is 1.27 bits per heavy atom. The fourth-order valence-electron chi connectivity index (χ4n) is 4.24. The Bertz CT molecular complexity index is 323. The Hall–Kier alpha value is -0.0800. The second kappa shape index (κ2) is 22.1. The van der Waals surface area contributed by atoms with Crippen LogP contribution in [-0.4, -0.2) is 44.9 Å². The van der Waals surface area contributed by atoms with Gasteiger partial charge in [-0.25, -0.2) is 0 Å². The van der Waals surface area contributed by atoms with Crippen LogP contribution in [0.2, 0.25) is 0 Å². The second-order valence-electron chi connectivity index (χ2n) is 10.8. The maximum atomic E-state index is 5.96. The van der Waals surface area contributed by atoms with Crippen LogP contribution in [-0.2, 0) is 4.74 Å². The van der Waals surface area contributed by atoms with Crippen LogP contribution in [0.15, 0.2) is 0 Å². The van der Waals surface area contributed by atoms with E-state index in [4.69, 9.17) is 4.74 Å². The number of rotatable bonds is 24. The first-order valence-corrected chi connectivity index (χ1v) is 13.9. The molecule has 0 saturated heterocycles. The van der Waals surface area contributed by atoms with Crippen LogP contribution in [0.3, 0.4) is 0 Å². The lowest BCUT2D eigenvalue weighted by Crippen LogP contribution is -2.35. The summed E-state index contributed by atoms with van der Waals surface area (Å²) in [5.41, 5.74) is 0. The quantitative estimate of drug-likeness (QED) is 0.110. The molecule has 0 bridgehead atoms. The van der Waals surface area contributed by atoms with E-state index in [0.29, 0.717) is 6.10 Å². The summed E-state index contributed by atoms with van der Waals surface area (Å²) < 4.78 is 7.00. The molecule has 30 heavy (non-hydrogen) atoms. The van der Waals surface area contributed by atoms with E-state index in [1.807, 2.05) is 0 Å². The summed E-state index contributed by atoms with van der Waals surface area (Å²) in [5.74, 6) is 0. The number of nitrogens with zero attached hydrogens (tertiary/aromatic N) is 1. The molecule has 0 aliphatic heterocycles. The SMILES string of the molecule is CCCCCCCCCCCCCCCCCCCC[C@H](C)OCCC[N+](C)(C)C. The third-order valence-electron chi connectivity index (χ3n) is 6.34. The summed E-state index contributed by atoms with van der Waals surface area (Å²) in [4.78, 5) is 0. The molecule has 182 valence electrons. The molecule has 0 spiro atoms. The van der Waals surface area contributed by atoms with Gasteiger partial charge in [0, 0.05) is 6.42 Å². The molecule has 0 radical (unpaired) electrons. The van der Waals surface area contributed by atoms with Crippen molar-refractivity contribution in [3.05, 3.63) is 0 Å². The predicted molar refractivity (Wildman–Crippen MR) is 136 cm³/mol. The number of hydrogen-bond acceptors (Lipinski definition) is 1. The Labute approximate surface area is 192 Å². The van der Waals surface area contributed by atoms with Crippen LogP contribution in [0, 0.1) is 0 Å². The highest BCUT2D eigenvalue weighted by Gasteiger charge is 2.07. The van der Waals surface area contributed by atoms with Crippen molar-refractivity contribution in [1.29, 1.82) is 0 Å². The van der Waals surface area contributed by atoms with Gasteiger partial charge in [-0.2, -0.15) is 0 Å². The number of quaternary nitrogens is 1. The van der Waals surface area contributed by atoms with Crippen LogP contribution in [0.25, 0.3) is 0 Å². The van der Waals surface area contributed by atoms with Gasteiger partial charge in [0.2, 0.25) is 0 Å². The average Bonchev–Trinajstić information content (AvgIpc) is 2.69. The van der Waals surface area contributed by atoms with Crippen LogP contribution in [0.1, 0.15) is 142 Å². The number of ether oxygens (including phenoxy) is 1. The summed E-state index contributed by atoms with van der Waals surface area (Å²) in [7, 11) is 6.75. The zero-order chi connectivity index (χ0) is 22.3. The summed E-state index contributed by atoms with van der Waals surface area (Å²) in [6.45, 7) is 6.68. The van der Waals surface area contributed by atoms with Crippen molar-refractivity contribution >= 4 is 0 Å². The first-order chi connectivity index (χ1) is 14.5. The highest BCUT2D eigenvalue weighted by Crippen LogP contribution is 2.15. The van der Waals surface area contributed by atoms with Gasteiger partial charge in [-0.15, -0.1) is 0 Å².